The van der Waals surface area contributed by atoms with Crippen LogP contribution in [0.3, 0.4) is 0 Å². The van der Waals surface area contributed by atoms with Crippen molar-refractivity contribution < 1.29 is 18.0 Å². The average Bonchev–Trinajstić information content (AvgIpc) is 3.01. The van der Waals surface area contributed by atoms with Crippen molar-refractivity contribution in [1.82, 2.24) is 10.2 Å². The molecule has 4 aliphatic carbocycles. The van der Waals surface area contributed by atoms with Gasteiger partial charge in [0.05, 0.1) is 11.9 Å². The number of nitrogens with one attached hydrogen (secondary N) is 1. The number of carbonyl (C=O) groups is 2. The van der Waals surface area contributed by atoms with Crippen molar-refractivity contribution in [3.05, 3.63) is 102 Å². The van der Waals surface area contributed by atoms with Gasteiger partial charge in [-0.1, -0.05) is 72.8 Å². The summed E-state index contributed by atoms with van der Waals surface area (Å²) in [4.78, 5) is 29.6. The second-order valence-corrected chi connectivity index (χ2v) is 16.3. The van der Waals surface area contributed by atoms with Crippen molar-refractivity contribution in [3.63, 3.8) is 0 Å². The van der Waals surface area contributed by atoms with Crippen LogP contribution in [0.25, 0.3) is 0 Å². The number of carbonyl (C=O) groups excluding carboxylic acids is 2. The van der Waals surface area contributed by atoms with Crippen LogP contribution in [0.2, 0.25) is 0 Å². The number of anilines is 1. The van der Waals surface area contributed by atoms with E-state index in [1.807, 2.05) is 86.6 Å². The zero-order chi connectivity index (χ0) is 32.5. The molecule has 0 heterocycles. The first kappa shape index (κ1) is 32.3. The van der Waals surface area contributed by atoms with Crippen LogP contribution in [0.15, 0.2) is 84.9 Å². The summed E-state index contributed by atoms with van der Waals surface area (Å²) in [6.07, 6.45) is 9.20. The molecule has 4 saturated carbocycles. The minimum atomic E-state index is -3.82. The predicted octanol–water partition coefficient (Wildman–Crippen LogP) is 6.09. The first-order valence-electron chi connectivity index (χ1n) is 16.7. The fraction of sp³-hybridized carbons (Fsp3) is 0.474. The smallest absolute Gasteiger partial charge is 0.244 e. The van der Waals surface area contributed by atoms with Gasteiger partial charge in [0.25, 0.3) is 0 Å². The fourth-order valence-electron chi connectivity index (χ4n) is 8.77. The van der Waals surface area contributed by atoms with Gasteiger partial charge in [-0.15, -0.1) is 0 Å². The van der Waals surface area contributed by atoms with Crippen LogP contribution in [-0.4, -0.2) is 50.0 Å². The Hall–Kier alpha value is -3.65. The molecule has 3 aromatic rings. The summed E-state index contributed by atoms with van der Waals surface area (Å²) in [5, 5.41) is 3.00. The van der Waals surface area contributed by atoms with Crippen LogP contribution in [0.4, 0.5) is 5.69 Å². The molecule has 4 aliphatic rings. The van der Waals surface area contributed by atoms with Crippen molar-refractivity contribution in [1.29, 1.82) is 0 Å². The standard InChI is InChI=1S/C38H47N3O4S/c1-27(2)39-37(43)35(21-28-10-6-4-7-11-28)40(25-29-12-8-5-9-13-29)36(42)26-41(46(3,44)45)34-16-14-33(15-17-34)38-22-30-18-31(23-38)20-32(19-30)24-38/h4-17,27,30-32,35H,18-26H2,1-3H3,(H,39,43)/t30?,31?,32?,35-,38?/m1/s1. The van der Waals surface area contributed by atoms with Crippen molar-refractivity contribution in [3.8, 4) is 0 Å². The largest absolute Gasteiger partial charge is 0.352 e. The van der Waals surface area contributed by atoms with E-state index in [0.29, 0.717) is 12.1 Å². The van der Waals surface area contributed by atoms with Crippen molar-refractivity contribution in [2.24, 2.45) is 17.8 Å². The van der Waals surface area contributed by atoms with Gasteiger partial charge in [-0.3, -0.25) is 13.9 Å². The Bertz CT molecular complexity index is 1590. The third-order valence-corrected chi connectivity index (χ3v) is 11.5. The van der Waals surface area contributed by atoms with Gasteiger partial charge in [-0.05, 0) is 104 Å². The maximum atomic E-state index is 14.3. The number of sulfonamides is 1. The van der Waals surface area contributed by atoms with Gasteiger partial charge in [-0.25, -0.2) is 8.42 Å². The highest BCUT2D eigenvalue weighted by Crippen LogP contribution is 2.60. The minimum Gasteiger partial charge on any atom is -0.352 e. The summed E-state index contributed by atoms with van der Waals surface area (Å²) in [6.45, 7) is 3.55. The Balaban J connectivity index is 1.29. The molecule has 4 bridgehead atoms. The zero-order valence-electron chi connectivity index (χ0n) is 27.3. The first-order chi connectivity index (χ1) is 22.0. The third kappa shape index (κ3) is 7.17. The molecule has 3 aromatic carbocycles. The van der Waals surface area contributed by atoms with E-state index >= 15 is 0 Å². The lowest BCUT2D eigenvalue weighted by molar-refractivity contribution is -0.140. The quantitative estimate of drug-likeness (QED) is 0.260. The van der Waals surface area contributed by atoms with E-state index in [2.05, 4.69) is 17.4 Å². The summed E-state index contributed by atoms with van der Waals surface area (Å²) in [5.41, 5.74) is 3.74. The minimum absolute atomic E-state index is 0.126. The molecule has 7 nitrogen and oxygen atoms in total. The number of hydrogen-bond donors (Lipinski definition) is 1. The lowest BCUT2D eigenvalue weighted by atomic mass is 9.48. The Morgan fingerprint density at radius 3 is 1.83 bits per heavy atom. The molecular weight excluding hydrogens is 595 g/mol. The Morgan fingerprint density at radius 2 is 1.33 bits per heavy atom. The molecule has 1 N–H and O–H groups in total. The highest BCUT2D eigenvalue weighted by molar-refractivity contribution is 7.92. The first-order valence-corrected chi connectivity index (χ1v) is 18.6. The molecular formula is C38H47N3O4S. The molecule has 8 heteroatoms. The van der Waals surface area contributed by atoms with Crippen LogP contribution in [0, 0.1) is 17.8 Å². The lowest BCUT2D eigenvalue weighted by Gasteiger charge is -2.57. The van der Waals surface area contributed by atoms with E-state index in [4.69, 9.17) is 0 Å². The van der Waals surface area contributed by atoms with E-state index in [9.17, 15) is 18.0 Å². The second-order valence-electron chi connectivity index (χ2n) is 14.4. The molecule has 2 amide bonds. The van der Waals surface area contributed by atoms with Gasteiger partial charge in [0.2, 0.25) is 21.8 Å². The number of amides is 2. The Labute approximate surface area is 274 Å². The Kier molecular flexibility index (Phi) is 9.28. The van der Waals surface area contributed by atoms with E-state index < -0.39 is 28.5 Å². The fourth-order valence-corrected chi connectivity index (χ4v) is 9.62. The number of nitrogens with zero attached hydrogens (tertiary/aromatic N) is 2. The van der Waals surface area contributed by atoms with E-state index in [0.717, 1.165) is 35.1 Å². The van der Waals surface area contributed by atoms with Crippen LogP contribution in [0.1, 0.15) is 69.1 Å². The maximum absolute atomic E-state index is 14.3. The second kappa shape index (κ2) is 13.2. The van der Waals surface area contributed by atoms with Crippen molar-refractivity contribution in [2.75, 3.05) is 17.1 Å². The summed E-state index contributed by atoms with van der Waals surface area (Å²) in [5.74, 6) is 1.73. The van der Waals surface area contributed by atoms with Crippen LogP contribution >= 0.6 is 0 Å². The molecule has 0 unspecified atom stereocenters. The van der Waals surface area contributed by atoms with E-state index in [1.165, 1.54) is 48.4 Å². The van der Waals surface area contributed by atoms with Crippen LogP contribution < -0.4 is 9.62 Å². The molecule has 46 heavy (non-hydrogen) atoms. The van der Waals surface area contributed by atoms with Gasteiger partial charge >= 0.3 is 0 Å². The summed E-state index contributed by atoms with van der Waals surface area (Å²) < 4.78 is 27.7. The van der Waals surface area contributed by atoms with Gasteiger partial charge in [0.15, 0.2) is 0 Å². The molecule has 0 spiro atoms. The zero-order valence-corrected chi connectivity index (χ0v) is 28.1. The molecule has 7 rings (SSSR count). The lowest BCUT2D eigenvalue weighted by Crippen LogP contribution is -2.54. The van der Waals surface area contributed by atoms with Crippen molar-refractivity contribution in [2.45, 2.75) is 82.8 Å². The average molecular weight is 642 g/mol. The molecule has 4 fully saturated rings. The highest BCUT2D eigenvalue weighted by atomic mass is 32.2. The van der Waals surface area contributed by atoms with Crippen LogP contribution in [-0.2, 0) is 38.0 Å². The molecule has 0 aliphatic heterocycles. The molecule has 0 aromatic heterocycles. The summed E-state index contributed by atoms with van der Waals surface area (Å²) in [6, 6.07) is 26.1. The topological polar surface area (TPSA) is 86.8 Å². The van der Waals surface area contributed by atoms with Gasteiger partial charge in [0.1, 0.15) is 12.6 Å². The number of rotatable bonds is 12. The van der Waals surface area contributed by atoms with Crippen LogP contribution in [0.5, 0.6) is 0 Å². The molecule has 0 saturated heterocycles. The molecule has 0 radical (unpaired) electrons. The summed E-state index contributed by atoms with van der Waals surface area (Å²) in [7, 11) is -3.82. The van der Waals surface area contributed by atoms with Gasteiger partial charge in [0, 0.05) is 19.0 Å². The third-order valence-electron chi connectivity index (χ3n) is 10.4. The predicted molar refractivity (Wildman–Crippen MR) is 183 cm³/mol. The maximum Gasteiger partial charge on any atom is 0.244 e. The van der Waals surface area contributed by atoms with E-state index in [1.54, 1.807) is 4.90 Å². The number of hydrogen-bond acceptors (Lipinski definition) is 4. The molecule has 244 valence electrons. The van der Waals surface area contributed by atoms with E-state index in [-0.39, 0.29) is 23.9 Å². The van der Waals surface area contributed by atoms with Gasteiger partial charge < -0.3 is 10.2 Å². The number of benzene rings is 3. The highest BCUT2D eigenvalue weighted by Gasteiger charge is 2.51. The SMILES string of the molecule is CC(C)NC(=O)[C@@H](Cc1ccccc1)N(Cc1ccccc1)C(=O)CN(c1ccc(C23CC4CC(CC(C4)C2)C3)cc1)S(C)(=O)=O. The molecule has 1 atom stereocenters. The van der Waals surface area contributed by atoms with Crippen molar-refractivity contribution >= 4 is 27.5 Å². The monoisotopic (exact) mass is 641 g/mol. The van der Waals surface area contributed by atoms with Gasteiger partial charge in [-0.2, -0.15) is 0 Å². The normalized spacial score (nSPS) is 24.0. The Morgan fingerprint density at radius 1 is 0.804 bits per heavy atom. The summed E-state index contributed by atoms with van der Waals surface area (Å²) >= 11 is 0.